The molecule has 8 nitrogen and oxygen atoms in total. The lowest BCUT2D eigenvalue weighted by atomic mass is 10.1. The minimum atomic E-state index is -1.44. The number of unbranched alkanes of at least 4 members (excludes halogenated alkanes) is 1. The molecule has 20 heavy (non-hydrogen) atoms. The Bertz CT molecular complexity index is 230. The Kier molecular flexibility index (Phi) is 11.2. The van der Waals surface area contributed by atoms with Crippen molar-refractivity contribution in [3.8, 4) is 0 Å². The van der Waals surface area contributed by atoms with Crippen molar-refractivity contribution in [2.75, 3.05) is 6.54 Å². The molecular weight excluding hydrogens is 264 g/mol. The highest BCUT2D eigenvalue weighted by Crippen LogP contribution is 2.06. The van der Waals surface area contributed by atoms with Crippen molar-refractivity contribution in [3.63, 3.8) is 0 Å². The van der Waals surface area contributed by atoms with Crippen LogP contribution in [0.5, 0.6) is 0 Å². The molecule has 10 N–H and O–H groups in total. The van der Waals surface area contributed by atoms with Gasteiger partial charge in [-0.1, -0.05) is 0 Å². The van der Waals surface area contributed by atoms with Crippen LogP contribution < -0.4 is 22.1 Å². The fourth-order valence-corrected chi connectivity index (χ4v) is 1.80. The summed E-state index contributed by atoms with van der Waals surface area (Å²) >= 11 is 0. The molecule has 0 aliphatic rings. The molecule has 0 heterocycles. The topological polar surface area (TPSA) is 157 Å². The minimum Gasteiger partial charge on any atom is -0.379 e. The lowest BCUT2D eigenvalue weighted by Gasteiger charge is -2.25. The van der Waals surface area contributed by atoms with E-state index in [0.29, 0.717) is 6.42 Å². The van der Waals surface area contributed by atoms with Gasteiger partial charge in [0.25, 0.3) is 0 Å². The fourth-order valence-electron chi connectivity index (χ4n) is 1.80. The highest BCUT2D eigenvalue weighted by atomic mass is 16.5. The Balaban J connectivity index is 3.80. The largest absolute Gasteiger partial charge is 0.379 e. The molecule has 122 valence electrons. The average molecular weight is 294 g/mol. The number of rotatable bonds is 12. The van der Waals surface area contributed by atoms with Crippen LogP contribution in [0.4, 0.5) is 0 Å². The van der Waals surface area contributed by atoms with E-state index < -0.39 is 24.8 Å². The van der Waals surface area contributed by atoms with Crippen LogP contribution in [-0.4, -0.2) is 57.9 Å². The second-order valence-electron chi connectivity index (χ2n) is 5.08. The smallest absolute Gasteiger partial charge is 0.151 e. The normalized spacial score (nSPS) is 18.0. The first-order valence-electron chi connectivity index (χ1n) is 7.05. The van der Waals surface area contributed by atoms with Crippen molar-refractivity contribution in [3.05, 3.63) is 0 Å². The molecule has 0 saturated heterocycles. The molecule has 0 aromatic heterocycles. The van der Waals surface area contributed by atoms with E-state index in [1.807, 2.05) is 6.92 Å². The van der Waals surface area contributed by atoms with E-state index >= 15 is 0 Å². The summed E-state index contributed by atoms with van der Waals surface area (Å²) in [4.78, 5) is 0. The SMILES string of the molecule is CC(N)NCCCCC(O)NC(CCC(O)O)C(N)O. The van der Waals surface area contributed by atoms with Crippen LogP contribution in [0.3, 0.4) is 0 Å². The van der Waals surface area contributed by atoms with Crippen LogP contribution in [0.1, 0.15) is 39.0 Å². The number of aliphatic hydroxyl groups excluding tert-OH is 3. The van der Waals surface area contributed by atoms with E-state index in [0.717, 1.165) is 19.4 Å². The van der Waals surface area contributed by atoms with Gasteiger partial charge in [-0.3, -0.25) is 5.32 Å². The average Bonchev–Trinajstić information content (AvgIpc) is 2.32. The molecule has 0 radical (unpaired) electrons. The molecule has 0 aliphatic heterocycles. The predicted molar refractivity (Wildman–Crippen MR) is 76.1 cm³/mol. The first-order chi connectivity index (χ1) is 9.32. The summed E-state index contributed by atoms with van der Waals surface area (Å²) in [7, 11) is 0. The monoisotopic (exact) mass is 294 g/mol. The van der Waals surface area contributed by atoms with Crippen LogP contribution in [0.15, 0.2) is 0 Å². The summed E-state index contributed by atoms with van der Waals surface area (Å²) in [5.74, 6) is 0. The summed E-state index contributed by atoms with van der Waals surface area (Å²) < 4.78 is 0. The highest BCUT2D eigenvalue weighted by Gasteiger charge is 2.19. The minimum absolute atomic E-state index is 0.0419. The predicted octanol–water partition coefficient (Wildman–Crippen LogP) is -2.30. The molecule has 0 rings (SSSR count). The molecule has 0 amide bonds. The lowest BCUT2D eigenvalue weighted by molar-refractivity contribution is -0.0523. The molecule has 8 heteroatoms. The summed E-state index contributed by atoms with van der Waals surface area (Å²) in [6, 6.07) is -0.575. The Hall–Kier alpha value is -0.320. The number of aliphatic hydroxyl groups is 4. The Morgan fingerprint density at radius 2 is 1.60 bits per heavy atom. The molecule has 4 unspecified atom stereocenters. The molecule has 0 aliphatic carbocycles. The maximum Gasteiger partial charge on any atom is 0.151 e. The van der Waals surface area contributed by atoms with Gasteiger partial charge in [0.15, 0.2) is 6.29 Å². The van der Waals surface area contributed by atoms with Gasteiger partial charge in [0, 0.05) is 6.04 Å². The molecule has 0 bridgehead atoms. The van der Waals surface area contributed by atoms with Crippen molar-refractivity contribution in [2.45, 2.75) is 70.0 Å². The molecular formula is C12H30N4O4. The summed E-state index contributed by atoms with van der Waals surface area (Å²) in [5, 5.41) is 42.6. The standard InChI is InChI=1S/C12H30N4O4/c1-8(13)15-7-3-2-4-10(17)16-9(12(14)20)5-6-11(18)19/h8-12,15-20H,2-7,13-14H2,1H3. The summed E-state index contributed by atoms with van der Waals surface area (Å²) in [6.07, 6.45) is -0.900. The first-order valence-corrected chi connectivity index (χ1v) is 7.05. The maximum atomic E-state index is 9.79. The Labute approximate surface area is 120 Å². The van der Waals surface area contributed by atoms with Gasteiger partial charge in [0.1, 0.15) is 12.5 Å². The van der Waals surface area contributed by atoms with E-state index in [9.17, 15) is 10.2 Å². The zero-order valence-corrected chi connectivity index (χ0v) is 12.1. The van der Waals surface area contributed by atoms with Gasteiger partial charge >= 0.3 is 0 Å². The zero-order chi connectivity index (χ0) is 15.5. The van der Waals surface area contributed by atoms with Crippen LogP contribution in [0, 0.1) is 0 Å². The second kappa shape index (κ2) is 11.4. The highest BCUT2D eigenvalue weighted by molar-refractivity contribution is 4.73. The number of hydrogen-bond donors (Lipinski definition) is 8. The van der Waals surface area contributed by atoms with Gasteiger partial charge in [-0.15, -0.1) is 0 Å². The lowest BCUT2D eigenvalue weighted by Crippen LogP contribution is -2.49. The van der Waals surface area contributed by atoms with Crippen LogP contribution in [0.2, 0.25) is 0 Å². The van der Waals surface area contributed by atoms with Crippen molar-refractivity contribution >= 4 is 0 Å². The molecule has 0 aromatic rings. The van der Waals surface area contributed by atoms with Gasteiger partial charge < -0.3 is 37.2 Å². The third kappa shape index (κ3) is 11.5. The summed E-state index contributed by atoms with van der Waals surface area (Å²) in [6.45, 7) is 2.64. The van der Waals surface area contributed by atoms with Crippen LogP contribution >= 0.6 is 0 Å². The van der Waals surface area contributed by atoms with Gasteiger partial charge in [0.2, 0.25) is 0 Å². The van der Waals surface area contributed by atoms with Crippen molar-refractivity contribution in [1.29, 1.82) is 0 Å². The first kappa shape index (κ1) is 19.7. The zero-order valence-electron chi connectivity index (χ0n) is 12.1. The third-order valence-corrected chi connectivity index (χ3v) is 2.93. The Morgan fingerprint density at radius 1 is 0.950 bits per heavy atom. The van der Waals surface area contributed by atoms with E-state index in [1.54, 1.807) is 0 Å². The molecule has 0 aromatic carbocycles. The number of nitrogens with one attached hydrogen (secondary N) is 2. The van der Waals surface area contributed by atoms with Gasteiger partial charge in [0.05, 0.1) is 6.17 Å². The van der Waals surface area contributed by atoms with Gasteiger partial charge in [-0.2, -0.15) is 0 Å². The van der Waals surface area contributed by atoms with Crippen LogP contribution in [-0.2, 0) is 0 Å². The van der Waals surface area contributed by atoms with Crippen molar-refractivity contribution < 1.29 is 20.4 Å². The molecule has 0 saturated carbocycles. The van der Waals surface area contributed by atoms with E-state index in [1.165, 1.54) is 0 Å². The summed E-state index contributed by atoms with van der Waals surface area (Å²) in [5.41, 5.74) is 10.9. The van der Waals surface area contributed by atoms with Crippen LogP contribution in [0.25, 0.3) is 0 Å². The number of hydrogen-bond acceptors (Lipinski definition) is 8. The van der Waals surface area contributed by atoms with E-state index in [2.05, 4.69) is 10.6 Å². The fraction of sp³-hybridized carbons (Fsp3) is 1.00. The van der Waals surface area contributed by atoms with E-state index in [-0.39, 0.29) is 19.0 Å². The van der Waals surface area contributed by atoms with E-state index in [4.69, 9.17) is 21.7 Å². The van der Waals surface area contributed by atoms with Crippen molar-refractivity contribution in [1.82, 2.24) is 10.6 Å². The molecule has 0 fully saturated rings. The quantitative estimate of drug-likeness (QED) is 0.147. The van der Waals surface area contributed by atoms with Gasteiger partial charge in [-0.05, 0) is 45.6 Å². The second-order valence-corrected chi connectivity index (χ2v) is 5.08. The Morgan fingerprint density at radius 3 is 2.10 bits per heavy atom. The van der Waals surface area contributed by atoms with Gasteiger partial charge in [-0.25, -0.2) is 0 Å². The van der Waals surface area contributed by atoms with Crippen molar-refractivity contribution in [2.24, 2.45) is 11.5 Å². The number of nitrogens with two attached hydrogens (primary N) is 2. The molecule has 0 spiro atoms. The third-order valence-electron chi connectivity index (χ3n) is 2.93. The molecule has 4 atom stereocenters. The maximum absolute atomic E-state index is 9.79.